The molecule has 2 aromatic heterocycles. The zero-order chi connectivity index (χ0) is 12.0. The first-order chi connectivity index (χ1) is 8.15. The third-order valence-electron chi connectivity index (χ3n) is 2.73. The van der Waals surface area contributed by atoms with Crippen LogP contribution in [0.5, 0.6) is 0 Å². The Kier molecular flexibility index (Phi) is 2.19. The maximum Gasteiger partial charge on any atom is 0.230 e. The summed E-state index contributed by atoms with van der Waals surface area (Å²) >= 11 is 1.56. The molecule has 3 rings (SSSR count). The van der Waals surface area contributed by atoms with E-state index in [0.717, 1.165) is 32.1 Å². The lowest BCUT2D eigenvalue weighted by Crippen LogP contribution is -1.82. The molecule has 0 aliphatic carbocycles. The number of nitrogens with two attached hydrogens (primary N) is 1. The predicted octanol–water partition coefficient (Wildman–Crippen LogP) is 3.76. The summed E-state index contributed by atoms with van der Waals surface area (Å²) in [6, 6.07) is 7.95. The van der Waals surface area contributed by atoms with Gasteiger partial charge in [-0.3, -0.25) is 0 Å². The fraction of sp³-hybridized carbons (Fsp3) is 0.154. The van der Waals surface area contributed by atoms with E-state index >= 15 is 0 Å². The van der Waals surface area contributed by atoms with Crippen molar-refractivity contribution in [2.75, 3.05) is 5.73 Å². The number of nitrogen functional groups attached to an aromatic ring is 1. The van der Waals surface area contributed by atoms with Gasteiger partial charge in [-0.05, 0) is 31.5 Å². The monoisotopic (exact) mass is 244 g/mol. The molecule has 2 heterocycles. The lowest BCUT2D eigenvalue weighted by atomic mass is 10.2. The van der Waals surface area contributed by atoms with Crippen molar-refractivity contribution in [3.8, 4) is 11.5 Å². The van der Waals surface area contributed by atoms with Crippen molar-refractivity contribution in [3.05, 3.63) is 34.7 Å². The Morgan fingerprint density at radius 2 is 2.12 bits per heavy atom. The Morgan fingerprint density at radius 1 is 1.29 bits per heavy atom. The number of hydrogen-bond donors (Lipinski definition) is 1. The molecule has 0 atom stereocenters. The van der Waals surface area contributed by atoms with Crippen molar-refractivity contribution in [1.29, 1.82) is 0 Å². The fourth-order valence-electron chi connectivity index (χ4n) is 1.90. The SMILES string of the molecule is Cc1cc(-c2nc3cccc(C)c3o2)c(N)s1. The molecule has 3 aromatic rings. The topological polar surface area (TPSA) is 52.0 Å². The number of benzene rings is 1. The Labute approximate surface area is 103 Å². The van der Waals surface area contributed by atoms with E-state index < -0.39 is 0 Å². The molecule has 17 heavy (non-hydrogen) atoms. The minimum absolute atomic E-state index is 0.608. The summed E-state index contributed by atoms with van der Waals surface area (Å²) in [6.45, 7) is 4.04. The summed E-state index contributed by atoms with van der Waals surface area (Å²) in [5, 5.41) is 0.756. The van der Waals surface area contributed by atoms with E-state index in [1.807, 2.05) is 38.1 Å². The molecule has 2 N–H and O–H groups in total. The quantitative estimate of drug-likeness (QED) is 0.709. The minimum atomic E-state index is 0.608. The zero-order valence-corrected chi connectivity index (χ0v) is 10.5. The Hall–Kier alpha value is -1.81. The number of para-hydroxylation sites is 1. The van der Waals surface area contributed by atoms with Gasteiger partial charge in [0.15, 0.2) is 5.58 Å². The number of anilines is 1. The van der Waals surface area contributed by atoms with Crippen LogP contribution in [0, 0.1) is 13.8 Å². The van der Waals surface area contributed by atoms with Crippen molar-refractivity contribution in [3.63, 3.8) is 0 Å². The van der Waals surface area contributed by atoms with Crippen molar-refractivity contribution in [2.45, 2.75) is 13.8 Å². The van der Waals surface area contributed by atoms with Crippen LogP contribution in [0.25, 0.3) is 22.6 Å². The van der Waals surface area contributed by atoms with Crippen LogP contribution in [0.3, 0.4) is 0 Å². The van der Waals surface area contributed by atoms with Gasteiger partial charge in [0.1, 0.15) is 5.52 Å². The molecule has 0 aliphatic heterocycles. The molecule has 0 fully saturated rings. The van der Waals surface area contributed by atoms with Crippen LogP contribution < -0.4 is 5.73 Å². The van der Waals surface area contributed by atoms with E-state index in [-0.39, 0.29) is 0 Å². The predicted molar refractivity (Wildman–Crippen MR) is 71.2 cm³/mol. The van der Waals surface area contributed by atoms with Crippen molar-refractivity contribution in [2.24, 2.45) is 0 Å². The molecule has 86 valence electrons. The van der Waals surface area contributed by atoms with Gasteiger partial charge in [0.2, 0.25) is 5.89 Å². The van der Waals surface area contributed by atoms with Crippen molar-refractivity contribution < 1.29 is 4.42 Å². The highest BCUT2D eigenvalue weighted by atomic mass is 32.1. The van der Waals surface area contributed by atoms with E-state index in [4.69, 9.17) is 10.2 Å². The van der Waals surface area contributed by atoms with Crippen LogP contribution in [0.2, 0.25) is 0 Å². The van der Waals surface area contributed by atoms with Crippen LogP contribution in [0.15, 0.2) is 28.7 Å². The molecule has 0 spiro atoms. The molecule has 0 saturated carbocycles. The highest BCUT2D eigenvalue weighted by Gasteiger charge is 2.14. The molecule has 0 unspecified atom stereocenters. The Bertz CT molecular complexity index is 697. The smallest absolute Gasteiger partial charge is 0.230 e. The normalized spacial score (nSPS) is 11.2. The average molecular weight is 244 g/mol. The largest absolute Gasteiger partial charge is 0.436 e. The van der Waals surface area contributed by atoms with Crippen LogP contribution in [-0.4, -0.2) is 4.98 Å². The molecule has 4 heteroatoms. The molecule has 0 bridgehead atoms. The lowest BCUT2D eigenvalue weighted by molar-refractivity contribution is 0.618. The minimum Gasteiger partial charge on any atom is -0.436 e. The van der Waals surface area contributed by atoms with Gasteiger partial charge in [0, 0.05) is 4.88 Å². The first-order valence-corrected chi connectivity index (χ1v) is 6.19. The first kappa shape index (κ1) is 10.4. The number of nitrogens with zero attached hydrogens (tertiary/aromatic N) is 1. The Balaban J connectivity index is 2.25. The fourth-order valence-corrected chi connectivity index (χ4v) is 2.68. The maximum atomic E-state index is 5.95. The van der Waals surface area contributed by atoms with Crippen LogP contribution in [0.1, 0.15) is 10.4 Å². The van der Waals surface area contributed by atoms with Crippen LogP contribution >= 0.6 is 11.3 Å². The van der Waals surface area contributed by atoms with Gasteiger partial charge in [0.05, 0.1) is 10.6 Å². The number of thiophene rings is 1. The van der Waals surface area contributed by atoms with Crippen LogP contribution in [0.4, 0.5) is 5.00 Å². The zero-order valence-electron chi connectivity index (χ0n) is 9.65. The molecule has 0 amide bonds. The summed E-state index contributed by atoms with van der Waals surface area (Å²) in [7, 11) is 0. The highest BCUT2D eigenvalue weighted by Crippen LogP contribution is 2.35. The second-order valence-corrected chi connectivity index (χ2v) is 5.37. The van der Waals surface area contributed by atoms with Gasteiger partial charge < -0.3 is 10.2 Å². The maximum absolute atomic E-state index is 5.95. The number of fused-ring (bicyclic) bond motifs is 1. The first-order valence-electron chi connectivity index (χ1n) is 5.37. The van der Waals surface area contributed by atoms with Gasteiger partial charge in [-0.1, -0.05) is 12.1 Å². The number of oxazole rings is 1. The molecule has 3 nitrogen and oxygen atoms in total. The summed E-state index contributed by atoms with van der Waals surface area (Å²) in [5.41, 5.74) is 9.65. The average Bonchev–Trinajstić information content (AvgIpc) is 2.82. The molecular formula is C13H12N2OS. The summed E-state index contributed by atoms with van der Waals surface area (Å²) < 4.78 is 5.79. The summed E-state index contributed by atoms with van der Waals surface area (Å²) in [5.74, 6) is 0.608. The number of rotatable bonds is 1. The van der Waals surface area contributed by atoms with Gasteiger partial charge in [-0.2, -0.15) is 0 Å². The van der Waals surface area contributed by atoms with E-state index in [1.165, 1.54) is 0 Å². The summed E-state index contributed by atoms with van der Waals surface area (Å²) in [6.07, 6.45) is 0. The Morgan fingerprint density at radius 3 is 2.76 bits per heavy atom. The number of aromatic nitrogens is 1. The molecule has 1 aromatic carbocycles. The van der Waals surface area contributed by atoms with Gasteiger partial charge >= 0.3 is 0 Å². The molecule has 0 radical (unpaired) electrons. The number of aryl methyl sites for hydroxylation is 2. The number of hydrogen-bond acceptors (Lipinski definition) is 4. The van der Waals surface area contributed by atoms with E-state index in [0.29, 0.717) is 5.89 Å². The lowest BCUT2D eigenvalue weighted by Gasteiger charge is -1.91. The second kappa shape index (κ2) is 3.60. The molecule has 0 saturated heterocycles. The molecular weight excluding hydrogens is 232 g/mol. The van der Waals surface area contributed by atoms with Gasteiger partial charge in [0.25, 0.3) is 0 Å². The standard InChI is InChI=1S/C13H12N2OS/c1-7-4-3-5-10-11(7)16-13(15-10)9-6-8(2)17-12(9)14/h3-6H,14H2,1-2H3. The van der Waals surface area contributed by atoms with Crippen molar-refractivity contribution in [1.82, 2.24) is 4.98 Å². The van der Waals surface area contributed by atoms with E-state index in [9.17, 15) is 0 Å². The second-order valence-electron chi connectivity index (χ2n) is 4.08. The third-order valence-corrected chi connectivity index (χ3v) is 3.61. The third kappa shape index (κ3) is 1.61. The van der Waals surface area contributed by atoms with E-state index in [1.54, 1.807) is 11.3 Å². The summed E-state index contributed by atoms with van der Waals surface area (Å²) in [4.78, 5) is 5.64. The highest BCUT2D eigenvalue weighted by molar-refractivity contribution is 7.16. The van der Waals surface area contributed by atoms with Crippen molar-refractivity contribution >= 4 is 27.4 Å². The van der Waals surface area contributed by atoms with Crippen LogP contribution in [-0.2, 0) is 0 Å². The molecule has 0 aliphatic rings. The van der Waals surface area contributed by atoms with Gasteiger partial charge in [-0.25, -0.2) is 4.98 Å². The van der Waals surface area contributed by atoms with E-state index in [2.05, 4.69) is 4.98 Å². The van der Waals surface area contributed by atoms with Gasteiger partial charge in [-0.15, -0.1) is 11.3 Å².